The molecule has 2 aliphatic carbocycles. The van der Waals surface area contributed by atoms with E-state index >= 15 is 0 Å². The summed E-state index contributed by atoms with van der Waals surface area (Å²) in [6.45, 7) is 0.586. The Morgan fingerprint density at radius 2 is 1.97 bits per heavy atom. The molecule has 0 bridgehead atoms. The fourth-order valence-electron chi connectivity index (χ4n) is 4.26. The average molecular weight is 459 g/mol. The molecule has 0 radical (unpaired) electrons. The Hall–Kier alpha value is -3.45. The van der Waals surface area contributed by atoms with Gasteiger partial charge >= 0.3 is 0 Å². The molecule has 4 heterocycles. The van der Waals surface area contributed by atoms with Gasteiger partial charge in [-0.1, -0.05) is 17.7 Å². The molecule has 2 aliphatic rings. The van der Waals surface area contributed by atoms with Crippen LogP contribution in [0.2, 0.25) is 5.02 Å². The third-order valence-corrected chi connectivity index (χ3v) is 6.54. The minimum absolute atomic E-state index is 0.0433. The van der Waals surface area contributed by atoms with Gasteiger partial charge in [-0.3, -0.25) is 9.78 Å². The number of aromatic nitrogens is 4. The number of amides is 1. The van der Waals surface area contributed by atoms with Crippen LogP contribution >= 0.6 is 11.6 Å². The Morgan fingerprint density at radius 3 is 2.82 bits per heavy atom. The lowest BCUT2D eigenvalue weighted by Gasteiger charge is -2.08. The van der Waals surface area contributed by atoms with Gasteiger partial charge in [0.15, 0.2) is 0 Å². The van der Waals surface area contributed by atoms with Gasteiger partial charge in [-0.05, 0) is 55.0 Å². The van der Waals surface area contributed by atoms with Gasteiger partial charge in [0.25, 0.3) is 0 Å². The molecule has 2 fully saturated rings. The van der Waals surface area contributed by atoms with Crippen molar-refractivity contribution in [1.29, 1.82) is 0 Å². The van der Waals surface area contributed by atoms with Gasteiger partial charge in [-0.15, -0.1) is 0 Å². The van der Waals surface area contributed by atoms with Crippen molar-refractivity contribution in [3.05, 3.63) is 83.2 Å². The summed E-state index contributed by atoms with van der Waals surface area (Å²) in [4.78, 5) is 26.0. The third-order valence-electron chi connectivity index (χ3n) is 6.31. The van der Waals surface area contributed by atoms with Gasteiger partial charge in [0, 0.05) is 59.1 Å². The Kier molecular flexibility index (Phi) is 4.99. The first kappa shape index (κ1) is 20.2. The van der Waals surface area contributed by atoms with E-state index in [-0.39, 0.29) is 17.7 Å². The summed E-state index contributed by atoms with van der Waals surface area (Å²) in [6.07, 6.45) is 11.0. The second kappa shape index (κ2) is 8.15. The van der Waals surface area contributed by atoms with Gasteiger partial charge in [-0.25, -0.2) is 9.97 Å². The summed E-state index contributed by atoms with van der Waals surface area (Å²) in [5.41, 5.74) is 5.04. The number of carbonyl (C=O) groups excluding carboxylic acids is 1. The topological polar surface area (TPSA) is 84.2 Å². The van der Waals surface area contributed by atoms with E-state index < -0.39 is 0 Å². The zero-order valence-electron chi connectivity index (χ0n) is 17.9. The van der Waals surface area contributed by atoms with Crippen molar-refractivity contribution in [3.63, 3.8) is 0 Å². The van der Waals surface area contributed by atoms with E-state index in [1.165, 1.54) is 18.4 Å². The Bertz CT molecular complexity index is 1350. The fraction of sp³-hybridized carbons (Fsp3) is 0.280. The highest BCUT2D eigenvalue weighted by molar-refractivity contribution is 6.30. The zero-order valence-corrected chi connectivity index (χ0v) is 18.7. The first-order valence-corrected chi connectivity index (χ1v) is 11.6. The second-order valence-corrected chi connectivity index (χ2v) is 9.29. The molecule has 1 unspecified atom stereocenters. The number of hydrogen-bond donors (Lipinski definition) is 2. The third kappa shape index (κ3) is 4.41. The SMILES string of the molecule is O=C(Nc1cc(NCc2cn3cc(C4CC4)ccc3n2)ccn1)[C@H]1CC1c1cc(Cl)ccn1. The molecule has 4 aromatic rings. The Morgan fingerprint density at radius 1 is 1.09 bits per heavy atom. The minimum Gasteiger partial charge on any atom is -0.379 e. The van der Waals surface area contributed by atoms with Crippen LogP contribution in [0.1, 0.15) is 48.0 Å². The average Bonchev–Trinajstić information content (AvgIpc) is 3.74. The number of anilines is 2. The molecular formula is C25H23ClN6O. The number of halogens is 1. The lowest BCUT2D eigenvalue weighted by Crippen LogP contribution is -2.15. The van der Waals surface area contributed by atoms with E-state index in [1.807, 2.05) is 18.2 Å². The van der Waals surface area contributed by atoms with Crippen molar-refractivity contribution in [2.24, 2.45) is 5.92 Å². The molecule has 0 aliphatic heterocycles. The van der Waals surface area contributed by atoms with E-state index in [2.05, 4.69) is 49.5 Å². The lowest BCUT2D eigenvalue weighted by molar-refractivity contribution is -0.117. The predicted octanol–water partition coefficient (Wildman–Crippen LogP) is 5.01. The van der Waals surface area contributed by atoms with Crippen molar-refractivity contribution in [2.75, 3.05) is 10.6 Å². The number of rotatable bonds is 7. The summed E-state index contributed by atoms with van der Waals surface area (Å²) in [7, 11) is 0. The van der Waals surface area contributed by atoms with Crippen LogP contribution in [0.4, 0.5) is 11.5 Å². The highest BCUT2D eigenvalue weighted by atomic mass is 35.5. The highest BCUT2D eigenvalue weighted by Gasteiger charge is 2.45. The van der Waals surface area contributed by atoms with Gasteiger partial charge in [0.2, 0.25) is 5.91 Å². The van der Waals surface area contributed by atoms with Crippen molar-refractivity contribution < 1.29 is 4.79 Å². The van der Waals surface area contributed by atoms with Gasteiger partial charge in [0.1, 0.15) is 11.5 Å². The first-order valence-electron chi connectivity index (χ1n) is 11.2. The van der Waals surface area contributed by atoms with Crippen LogP contribution in [0.3, 0.4) is 0 Å². The van der Waals surface area contributed by atoms with Crippen LogP contribution in [0.5, 0.6) is 0 Å². The molecule has 33 heavy (non-hydrogen) atoms. The van der Waals surface area contributed by atoms with Crippen molar-refractivity contribution in [2.45, 2.75) is 37.6 Å². The molecule has 1 amide bonds. The standard InChI is InChI=1S/C25H23ClN6O/c26-17-5-7-27-22(9-17)20-11-21(20)25(33)31-23-10-18(6-8-28-23)29-12-19-14-32-13-16(15-1-2-15)3-4-24(32)30-19/h3-10,13-15,20-21H,1-2,11-12H2,(H2,28,29,31,33)/t20?,21-/m0/s1. The lowest BCUT2D eigenvalue weighted by atomic mass is 10.2. The number of pyridine rings is 3. The first-order chi connectivity index (χ1) is 16.1. The molecule has 2 N–H and O–H groups in total. The van der Waals surface area contributed by atoms with E-state index in [9.17, 15) is 4.79 Å². The second-order valence-electron chi connectivity index (χ2n) is 8.85. The molecule has 7 nitrogen and oxygen atoms in total. The molecule has 4 aromatic heterocycles. The number of hydrogen-bond acceptors (Lipinski definition) is 5. The molecule has 6 rings (SSSR count). The zero-order chi connectivity index (χ0) is 22.4. The van der Waals surface area contributed by atoms with Gasteiger partial charge < -0.3 is 15.0 Å². The van der Waals surface area contributed by atoms with Crippen LogP contribution in [0.15, 0.2) is 61.2 Å². The van der Waals surface area contributed by atoms with E-state index in [0.717, 1.165) is 35.1 Å². The maximum absolute atomic E-state index is 12.7. The molecule has 2 atom stereocenters. The molecule has 0 aromatic carbocycles. The van der Waals surface area contributed by atoms with Crippen LogP contribution in [-0.4, -0.2) is 25.3 Å². The van der Waals surface area contributed by atoms with E-state index in [4.69, 9.17) is 16.6 Å². The monoisotopic (exact) mass is 458 g/mol. The summed E-state index contributed by atoms with van der Waals surface area (Å²) in [5, 5.41) is 6.95. The Balaban J connectivity index is 1.08. The van der Waals surface area contributed by atoms with Crippen molar-refractivity contribution in [3.8, 4) is 0 Å². The number of fused-ring (bicyclic) bond motifs is 1. The Labute approximate surface area is 196 Å². The quantitative estimate of drug-likeness (QED) is 0.406. The van der Waals surface area contributed by atoms with Crippen molar-refractivity contribution in [1.82, 2.24) is 19.4 Å². The summed E-state index contributed by atoms with van der Waals surface area (Å²) in [5.74, 6) is 1.21. The summed E-state index contributed by atoms with van der Waals surface area (Å²) >= 11 is 6.05. The summed E-state index contributed by atoms with van der Waals surface area (Å²) in [6, 6.07) is 11.6. The van der Waals surface area contributed by atoms with Gasteiger partial charge in [-0.2, -0.15) is 0 Å². The largest absolute Gasteiger partial charge is 0.379 e. The predicted molar refractivity (Wildman–Crippen MR) is 127 cm³/mol. The van der Waals surface area contributed by atoms with E-state index in [0.29, 0.717) is 17.4 Å². The number of nitrogens with one attached hydrogen (secondary N) is 2. The smallest absolute Gasteiger partial charge is 0.229 e. The molecule has 166 valence electrons. The molecule has 2 saturated carbocycles. The number of carbonyl (C=O) groups is 1. The van der Waals surface area contributed by atoms with Crippen LogP contribution in [-0.2, 0) is 11.3 Å². The van der Waals surface area contributed by atoms with Crippen molar-refractivity contribution >= 4 is 34.7 Å². The molecular weight excluding hydrogens is 436 g/mol. The van der Waals surface area contributed by atoms with E-state index in [1.54, 1.807) is 18.5 Å². The molecule has 0 spiro atoms. The summed E-state index contributed by atoms with van der Waals surface area (Å²) < 4.78 is 2.10. The minimum atomic E-state index is -0.104. The van der Waals surface area contributed by atoms with Crippen LogP contribution in [0.25, 0.3) is 5.65 Å². The molecule has 0 saturated heterocycles. The fourth-order valence-corrected chi connectivity index (χ4v) is 4.43. The van der Waals surface area contributed by atoms with Crippen LogP contribution < -0.4 is 10.6 Å². The van der Waals surface area contributed by atoms with Crippen LogP contribution in [0, 0.1) is 5.92 Å². The number of nitrogens with zero attached hydrogens (tertiary/aromatic N) is 4. The maximum Gasteiger partial charge on any atom is 0.229 e. The molecule has 8 heteroatoms. The van der Waals surface area contributed by atoms with Gasteiger partial charge in [0.05, 0.1) is 12.2 Å². The maximum atomic E-state index is 12.7. The number of imidazole rings is 1. The highest BCUT2D eigenvalue weighted by Crippen LogP contribution is 2.47. The normalized spacial score (nSPS) is 19.4.